The highest BCUT2D eigenvalue weighted by molar-refractivity contribution is 4.84. The lowest BCUT2D eigenvalue weighted by Crippen LogP contribution is -2.33. The molecule has 0 aliphatic heterocycles. The summed E-state index contributed by atoms with van der Waals surface area (Å²) in [6.45, 7) is -0.888. The molecule has 0 unspecified atom stereocenters. The first-order valence-corrected chi connectivity index (χ1v) is 4.29. The smallest absolute Gasteiger partial charge is 0.307 e. The SMILES string of the molecule is O=c1cccnn1CCNCC(F)(F)F. The van der Waals surface area contributed by atoms with Crippen LogP contribution in [-0.4, -0.2) is 29.0 Å². The van der Waals surface area contributed by atoms with Gasteiger partial charge in [-0.3, -0.25) is 4.79 Å². The van der Waals surface area contributed by atoms with E-state index in [1.165, 1.54) is 18.3 Å². The first-order valence-electron chi connectivity index (χ1n) is 4.29. The Labute approximate surface area is 83.7 Å². The number of hydrogen-bond acceptors (Lipinski definition) is 3. The van der Waals surface area contributed by atoms with Crippen LogP contribution in [-0.2, 0) is 6.54 Å². The van der Waals surface area contributed by atoms with Crippen LogP contribution in [0.15, 0.2) is 23.1 Å². The minimum atomic E-state index is -4.23. The molecule has 0 bridgehead atoms. The Morgan fingerprint density at radius 1 is 1.47 bits per heavy atom. The third-order valence-electron chi connectivity index (χ3n) is 1.61. The third-order valence-corrected chi connectivity index (χ3v) is 1.61. The minimum Gasteiger partial charge on any atom is -0.307 e. The standard InChI is InChI=1S/C8H10F3N3O/c9-8(10,11)6-12-4-5-14-7(15)2-1-3-13-14/h1-3,12H,4-6H2. The fourth-order valence-corrected chi connectivity index (χ4v) is 0.970. The summed E-state index contributed by atoms with van der Waals surface area (Å²) >= 11 is 0. The topological polar surface area (TPSA) is 46.9 Å². The van der Waals surface area contributed by atoms with Crippen LogP contribution in [0.2, 0.25) is 0 Å². The Morgan fingerprint density at radius 2 is 2.20 bits per heavy atom. The van der Waals surface area contributed by atoms with Crippen LogP contribution >= 0.6 is 0 Å². The summed E-state index contributed by atoms with van der Waals surface area (Å²) in [7, 11) is 0. The second-order valence-corrected chi connectivity index (χ2v) is 2.88. The van der Waals surface area contributed by atoms with Crippen molar-refractivity contribution in [3.8, 4) is 0 Å². The van der Waals surface area contributed by atoms with Crippen molar-refractivity contribution in [3.63, 3.8) is 0 Å². The van der Waals surface area contributed by atoms with Crippen LogP contribution in [0.1, 0.15) is 0 Å². The molecule has 0 aliphatic carbocycles. The summed E-state index contributed by atoms with van der Waals surface area (Å²) in [4.78, 5) is 11.1. The Kier molecular flexibility index (Phi) is 3.84. The lowest BCUT2D eigenvalue weighted by Gasteiger charge is -2.08. The molecule has 0 aromatic carbocycles. The number of hydrogen-bond donors (Lipinski definition) is 1. The molecule has 0 amide bonds. The summed E-state index contributed by atoms with van der Waals surface area (Å²) in [5.74, 6) is 0. The van der Waals surface area contributed by atoms with Crippen LogP contribution < -0.4 is 10.9 Å². The van der Waals surface area contributed by atoms with E-state index in [0.717, 1.165) is 4.68 Å². The Hall–Kier alpha value is -1.37. The van der Waals surface area contributed by atoms with Crippen molar-refractivity contribution in [1.82, 2.24) is 15.1 Å². The number of rotatable bonds is 4. The van der Waals surface area contributed by atoms with E-state index in [4.69, 9.17) is 0 Å². The second-order valence-electron chi connectivity index (χ2n) is 2.88. The van der Waals surface area contributed by atoms with E-state index in [9.17, 15) is 18.0 Å². The highest BCUT2D eigenvalue weighted by atomic mass is 19.4. The molecule has 1 rings (SSSR count). The van der Waals surface area contributed by atoms with Crippen LogP contribution in [0.3, 0.4) is 0 Å². The van der Waals surface area contributed by atoms with Crippen LogP contribution in [0.4, 0.5) is 13.2 Å². The van der Waals surface area contributed by atoms with Gasteiger partial charge < -0.3 is 5.32 Å². The zero-order chi connectivity index (χ0) is 11.3. The molecule has 0 aliphatic rings. The predicted molar refractivity (Wildman–Crippen MR) is 47.4 cm³/mol. The van der Waals surface area contributed by atoms with E-state index >= 15 is 0 Å². The fraction of sp³-hybridized carbons (Fsp3) is 0.500. The van der Waals surface area contributed by atoms with Gasteiger partial charge in [0, 0.05) is 18.8 Å². The first kappa shape index (κ1) is 11.7. The van der Waals surface area contributed by atoms with Crippen molar-refractivity contribution in [2.24, 2.45) is 0 Å². The summed E-state index contributed by atoms with van der Waals surface area (Å²) in [6, 6.07) is 2.78. The van der Waals surface area contributed by atoms with Gasteiger partial charge >= 0.3 is 6.18 Å². The maximum atomic E-state index is 11.7. The summed E-state index contributed by atoms with van der Waals surface area (Å²) in [5.41, 5.74) is -0.327. The molecule has 1 aromatic heterocycles. The molecule has 0 radical (unpaired) electrons. The van der Waals surface area contributed by atoms with Crippen molar-refractivity contribution in [1.29, 1.82) is 0 Å². The molecule has 7 heteroatoms. The van der Waals surface area contributed by atoms with E-state index in [-0.39, 0.29) is 18.6 Å². The van der Waals surface area contributed by atoms with Gasteiger partial charge in [0.2, 0.25) is 0 Å². The Balaban J connectivity index is 2.33. The van der Waals surface area contributed by atoms with Crippen LogP contribution in [0.25, 0.3) is 0 Å². The minimum absolute atomic E-state index is 0.0520. The van der Waals surface area contributed by atoms with Gasteiger partial charge in [-0.1, -0.05) is 0 Å². The third kappa shape index (κ3) is 4.59. The molecular weight excluding hydrogens is 211 g/mol. The van der Waals surface area contributed by atoms with E-state index in [1.807, 2.05) is 0 Å². The Bertz CT molecular complexity index is 361. The van der Waals surface area contributed by atoms with Crippen molar-refractivity contribution in [3.05, 3.63) is 28.7 Å². The fourth-order valence-electron chi connectivity index (χ4n) is 0.970. The molecule has 0 spiro atoms. The summed E-state index contributed by atoms with van der Waals surface area (Å²) in [6.07, 6.45) is -2.82. The number of halogens is 3. The highest BCUT2D eigenvalue weighted by Gasteiger charge is 2.25. The van der Waals surface area contributed by atoms with Crippen LogP contribution in [0, 0.1) is 0 Å². The highest BCUT2D eigenvalue weighted by Crippen LogP contribution is 2.11. The second kappa shape index (κ2) is 4.92. The monoisotopic (exact) mass is 221 g/mol. The predicted octanol–water partition coefficient (Wildman–Crippen LogP) is 0.395. The number of nitrogens with one attached hydrogen (secondary N) is 1. The summed E-state index contributed by atoms with van der Waals surface area (Å²) in [5, 5.41) is 5.87. The molecule has 4 nitrogen and oxygen atoms in total. The van der Waals surface area contributed by atoms with Crippen molar-refractivity contribution in [2.75, 3.05) is 13.1 Å². The van der Waals surface area contributed by atoms with Gasteiger partial charge in [-0.15, -0.1) is 0 Å². The van der Waals surface area contributed by atoms with E-state index in [1.54, 1.807) is 0 Å². The molecule has 0 saturated heterocycles. The molecule has 1 aromatic rings. The summed E-state index contributed by atoms with van der Waals surface area (Å²) < 4.78 is 36.2. The lowest BCUT2D eigenvalue weighted by molar-refractivity contribution is -0.124. The van der Waals surface area contributed by atoms with E-state index in [2.05, 4.69) is 10.4 Å². The maximum Gasteiger partial charge on any atom is 0.401 e. The van der Waals surface area contributed by atoms with Crippen molar-refractivity contribution in [2.45, 2.75) is 12.7 Å². The molecule has 84 valence electrons. The molecule has 1 N–H and O–H groups in total. The van der Waals surface area contributed by atoms with Crippen molar-refractivity contribution < 1.29 is 13.2 Å². The van der Waals surface area contributed by atoms with Gasteiger partial charge in [0.05, 0.1) is 13.1 Å². The van der Waals surface area contributed by atoms with Gasteiger partial charge in [0.1, 0.15) is 0 Å². The number of nitrogens with zero attached hydrogens (tertiary/aromatic N) is 2. The quantitative estimate of drug-likeness (QED) is 0.748. The van der Waals surface area contributed by atoms with Crippen molar-refractivity contribution >= 4 is 0 Å². The van der Waals surface area contributed by atoms with Gasteiger partial charge in [-0.05, 0) is 6.07 Å². The normalized spacial score (nSPS) is 11.7. The molecule has 0 saturated carbocycles. The number of alkyl halides is 3. The van der Waals surface area contributed by atoms with E-state index in [0.29, 0.717) is 0 Å². The van der Waals surface area contributed by atoms with Gasteiger partial charge in [-0.2, -0.15) is 18.3 Å². The van der Waals surface area contributed by atoms with Crippen LogP contribution in [0.5, 0.6) is 0 Å². The molecule has 0 atom stereocenters. The maximum absolute atomic E-state index is 11.7. The molecule has 1 heterocycles. The number of aromatic nitrogens is 2. The largest absolute Gasteiger partial charge is 0.401 e. The molecule has 0 fully saturated rings. The average molecular weight is 221 g/mol. The van der Waals surface area contributed by atoms with Gasteiger partial charge in [0.15, 0.2) is 0 Å². The molecule has 15 heavy (non-hydrogen) atoms. The lowest BCUT2D eigenvalue weighted by atomic mass is 10.5. The zero-order valence-corrected chi connectivity index (χ0v) is 7.79. The molecular formula is C8H10F3N3O. The average Bonchev–Trinajstić information content (AvgIpc) is 2.13. The zero-order valence-electron chi connectivity index (χ0n) is 7.79. The van der Waals surface area contributed by atoms with E-state index < -0.39 is 12.7 Å². The van der Waals surface area contributed by atoms with Gasteiger partial charge in [-0.25, -0.2) is 4.68 Å². The first-order chi connectivity index (χ1) is 6.99. The Morgan fingerprint density at radius 3 is 2.80 bits per heavy atom. The van der Waals surface area contributed by atoms with Gasteiger partial charge in [0.25, 0.3) is 5.56 Å².